The lowest BCUT2D eigenvalue weighted by Crippen LogP contribution is -2.35. The molecule has 0 amide bonds. The maximum atomic E-state index is 4.04. The van der Waals surface area contributed by atoms with Gasteiger partial charge in [0, 0.05) is 37.4 Å². The lowest BCUT2D eigenvalue weighted by atomic mass is 10.2. The molecule has 2 aromatic rings. The third-order valence-corrected chi connectivity index (χ3v) is 4.05. The van der Waals surface area contributed by atoms with Crippen molar-refractivity contribution in [1.82, 2.24) is 10.6 Å². The van der Waals surface area contributed by atoms with E-state index in [2.05, 4.69) is 103 Å². The zero-order valence-corrected chi connectivity index (χ0v) is 15.3. The first-order valence-corrected chi connectivity index (χ1v) is 8.61. The van der Waals surface area contributed by atoms with Crippen molar-refractivity contribution in [2.45, 2.75) is 52.9 Å². The van der Waals surface area contributed by atoms with Crippen LogP contribution < -0.4 is 19.8 Å². The molecular weight excluding hydrogens is 296 g/mol. The fourth-order valence-corrected chi connectivity index (χ4v) is 2.34. The van der Waals surface area contributed by atoms with E-state index in [1.54, 1.807) is 0 Å². The van der Waals surface area contributed by atoms with Crippen LogP contribution in [-0.4, -0.2) is 0 Å². The highest BCUT2D eigenvalue weighted by molar-refractivity contribution is 5.10. The highest BCUT2D eigenvalue weighted by Gasteiger charge is 2.06. The van der Waals surface area contributed by atoms with Crippen LogP contribution in [0.15, 0.2) is 61.5 Å². The Morgan fingerprint density at radius 2 is 1.12 bits per heavy atom. The second kappa shape index (κ2) is 8.48. The molecule has 0 saturated heterocycles. The lowest BCUT2D eigenvalue weighted by Gasteiger charge is -2.12. The van der Waals surface area contributed by atoms with Gasteiger partial charge in [0.15, 0.2) is 36.9 Å². The van der Waals surface area contributed by atoms with E-state index in [1.807, 2.05) is 0 Å². The van der Waals surface area contributed by atoms with Crippen LogP contribution in [0.4, 0.5) is 0 Å². The average molecular weight is 326 g/mol. The van der Waals surface area contributed by atoms with Gasteiger partial charge in [-0.25, -0.2) is 9.13 Å². The summed E-state index contributed by atoms with van der Waals surface area (Å²) in [6.07, 6.45) is 8.47. The monoisotopic (exact) mass is 326 g/mol. The Bertz CT molecular complexity index is 585. The molecule has 2 heterocycles. The van der Waals surface area contributed by atoms with Crippen LogP contribution in [0.1, 0.15) is 50.9 Å². The summed E-state index contributed by atoms with van der Waals surface area (Å²) in [5.74, 6) is 0.844. The molecule has 0 fully saturated rings. The molecule has 0 bridgehead atoms. The van der Waals surface area contributed by atoms with Crippen molar-refractivity contribution in [1.29, 1.82) is 0 Å². The Morgan fingerprint density at radius 3 is 1.42 bits per heavy atom. The van der Waals surface area contributed by atoms with Crippen molar-refractivity contribution >= 4 is 0 Å². The molecule has 2 aromatic heterocycles. The zero-order valence-electron chi connectivity index (χ0n) is 15.3. The highest BCUT2D eigenvalue weighted by atomic mass is 15.1. The van der Waals surface area contributed by atoms with E-state index in [9.17, 15) is 0 Å². The molecule has 0 saturated carbocycles. The number of nitrogens with zero attached hydrogens (tertiary/aromatic N) is 2. The smallest absolute Gasteiger partial charge is 0.169 e. The SMILES string of the molecule is C=C(NCc1cc[n+](C(C)C)cc1)NCc1cc[n+](C(C)C)cc1. The summed E-state index contributed by atoms with van der Waals surface area (Å²) >= 11 is 0. The first-order chi connectivity index (χ1) is 11.5. The van der Waals surface area contributed by atoms with E-state index >= 15 is 0 Å². The van der Waals surface area contributed by atoms with Crippen molar-refractivity contribution in [3.63, 3.8) is 0 Å². The van der Waals surface area contributed by atoms with Gasteiger partial charge in [-0.3, -0.25) is 0 Å². The van der Waals surface area contributed by atoms with Crippen LogP contribution in [0.5, 0.6) is 0 Å². The first-order valence-electron chi connectivity index (χ1n) is 8.61. The van der Waals surface area contributed by atoms with Crippen molar-refractivity contribution in [3.05, 3.63) is 72.6 Å². The third kappa shape index (κ3) is 5.37. The second-order valence-electron chi connectivity index (χ2n) is 6.68. The van der Waals surface area contributed by atoms with E-state index in [4.69, 9.17) is 0 Å². The Morgan fingerprint density at radius 1 is 0.792 bits per heavy atom. The van der Waals surface area contributed by atoms with Crippen molar-refractivity contribution < 1.29 is 9.13 Å². The van der Waals surface area contributed by atoms with Crippen LogP contribution in [0.2, 0.25) is 0 Å². The molecule has 2 rings (SSSR count). The Hall–Kier alpha value is -2.36. The maximum Gasteiger partial charge on any atom is 0.169 e. The van der Waals surface area contributed by atoms with E-state index < -0.39 is 0 Å². The van der Waals surface area contributed by atoms with Crippen LogP contribution in [0.3, 0.4) is 0 Å². The van der Waals surface area contributed by atoms with Gasteiger partial charge in [-0.15, -0.1) is 0 Å². The summed E-state index contributed by atoms with van der Waals surface area (Å²) in [6, 6.07) is 9.54. The number of hydrogen-bond acceptors (Lipinski definition) is 2. The van der Waals surface area contributed by atoms with E-state index in [1.165, 1.54) is 11.1 Å². The highest BCUT2D eigenvalue weighted by Crippen LogP contribution is 2.00. The van der Waals surface area contributed by atoms with E-state index in [-0.39, 0.29) is 0 Å². The van der Waals surface area contributed by atoms with Crippen LogP contribution in [0.25, 0.3) is 0 Å². The molecule has 128 valence electrons. The molecule has 0 unspecified atom stereocenters. The minimum atomic E-state index is 0.490. The van der Waals surface area contributed by atoms with Crippen LogP contribution in [0, 0.1) is 0 Å². The van der Waals surface area contributed by atoms with Gasteiger partial charge >= 0.3 is 0 Å². The Balaban J connectivity index is 1.76. The van der Waals surface area contributed by atoms with Gasteiger partial charge in [-0.05, 0) is 38.8 Å². The number of aromatic nitrogens is 2. The predicted molar refractivity (Wildman–Crippen MR) is 96.9 cm³/mol. The van der Waals surface area contributed by atoms with Crippen molar-refractivity contribution in [2.24, 2.45) is 0 Å². The fourth-order valence-electron chi connectivity index (χ4n) is 2.34. The van der Waals surface area contributed by atoms with Gasteiger partial charge in [-0.2, -0.15) is 0 Å². The number of rotatable bonds is 8. The maximum absolute atomic E-state index is 4.04. The molecule has 2 N–H and O–H groups in total. The lowest BCUT2D eigenvalue weighted by molar-refractivity contribution is -0.716. The largest absolute Gasteiger partial charge is 0.368 e. The predicted octanol–water partition coefficient (Wildman–Crippen LogP) is 2.77. The quantitative estimate of drug-likeness (QED) is 0.731. The number of hydrogen-bond donors (Lipinski definition) is 2. The molecule has 4 nitrogen and oxygen atoms in total. The summed E-state index contributed by atoms with van der Waals surface area (Å²) in [5.41, 5.74) is 2.49. The summed E-state index contributed by atoms with van der Waals surface area (Å²) in [4.78, 5) is 0. The summed E-state index contributed by atoms with van der Waals surface area (Å²) in [6.45, 7) is 14.3. The number of pyridine rings is 2. The van der Waals surface area contributed by atoms with Gasteiger partial charge in [0.1, 0.15) is 0 Å². The zero-order chi connectivity index (χ0) is 17.5. The van der Waals surface area contributed by atoms with Crippen LogP contribution >= 0.6 is 0 Å². The minimum Gasteiger partial charge on any atom is -0.368 e. The molecule has 24 heavy (non-hydrogen) atoms. The van der Waals surface area contributed by atoms with Gasteiger partial charge in [0.25, 0.3) is 0 Å². The molecule has 0 radical (unpaired) electrons. The van der Waals surface area contributed by atoms with Crippen molar-refractivity contribution in [3.8, 4) is 0 Å². The molecule has 0 aromatic carbocycles. The molecule has 0 aliphatic rings. The topological polar surface area (TPSA) is 31.8 Å². The van der Waals surface area contributed by atoms with Gasteiger partial charge in [-0.1, -0.05) is 6.58 Å². The first kappa shape index (κ1) is 18.0. The molecule has 0 atom stereocenters. The summed E-state index contributed by atoms with van der Waals surface area (Å²) in [7, 11) is 0. The van der Waals surface area contributed by atoms with Crippen molar-refractivity contribution in [2.75, 3.05) is 0 Å². The van der Waals surface area contributed by atoms with Crippen LogP contribution in [-0.2, 0) is 13.1 Å². The normalized spacial score (nSPS) is 10.9. The molecule has 4 heteroatoms. The minimum absolute atomic E-state index is 0.490. The fraction of sp³-hybridized carbons (Fsp3) is 0.400. The van der Waals surface area contributed by atoms with Gasteiger partial charge in [0.2, 0.25) is 0 Å². The molecule has 0 spiro atoms. The Labute approximate surface area is 145 Å². The standard InChI is InChI=1S/C20H30N4/c1-16(2)23-10-6-19(7-11-23)14-21-18(5)22-15-20-8-12-24(13-9-20)17(3)4/h6-13,16-17,21-22H,5,14-15H2,1-4H3/q+2. The summed E-state index contributed by atoms with van der Waals surface area (Å²) < 4.78 is 4.38. The summed E-state index contributed by atoms with van der Waals surface area (Å²) in [5, 5.41) is 6.65. The number of nitrogens with one attached hydrogen (secondary N) is 2. The van der Waals surface area contributed by atoms with Gasteiger partial charge in [0.05, 0.1) is 5.82 Å². The molecular formula is C20H30N4+2. The van der Waals surface area contributed by atoms with E-state index in [0.717, 1.165) is 18.9 Å². The average Bonchev–Trinajstić information content (AvgIpc) is 2.58. The second-order valence-corrected chi connectivity index (χ2v) is 6.68. The molecule has 0 aliphatic carbocycles. The molecule has 0 aliphatic heterocycles. The van der Waals surface area contributed by atoms with Gasteiger partial charge < -0.3 is 10.6 Å². The Kier molecular flexibility index (Phi) is 6.36. The third-order valence-electron chi connectivity index (χ3n) is 4.05. The van der Waals surface area contributed by atoms with E-state index in [0.29, 0.717) is 12.1 Å².